The molecule has 7 nitrogen and oxygen atoms in total. The van der Waals surface area contributed by atoms with Crippen LogP contribution in [0.2, 0.25) is 0 Å². The van der Waals surface area contributed by atoms with E-state index in [1.807, 2.05) is 34.5 Å². The summed E-state index contributed by atoms with van der Waals surface area (Å²) in [5.74, 6) is 0.131. The standard InChI is InChI=1S/C19H21N5O2S/c20-19(21)23-7-5-12(6-8-23)9-17(25)24-15-4-2-1-3-14(15)22-18(26)13-10-27-11-16(13)24/h1-4,10-12H,5-9H2,(H3,20,21)(H,22,26). The summed E-state index contributed by atoms with van der Waals surface area (Å²) in [6, 6.07) is 7.39. The molecule has 2 aromatic rings. The number of benzene rings is 1. The van der Waals surface area contributed by atoms with Gasteiger partial charge in [-0.15, -0.1) is 11.3 Å². The lowest BCUT2D eigenvalue weighted by Crippen LogP contribution is -2.43. The van der Waals surface area contributed by atoms with E-state index in [1.165, 1.54) is 11.3 Å². The van der Waals surface area contributed by atoms with Gasteiger partial charge in [0.2, 0.25) is 5.91 Å². The second-order valence-corrected chi connectivity index (χ2v) is 7.63. The maximum absolute atomic E-state index is 13.3. The lowest BCUT2D eigenvalue weighted by Gasteiger charge is -2.33. The Morgan fingerprint density at radius 2 is 1.96 bits per heavy atom. The van der Waals surface area contributed by atoms with Crippen LogP contribution in [0.15, 0.2) is 35.0 Å². The highest BCUT2D eigenvalue weighted by Crippen LogP contribution is 2.40. The second kappa shape index (κ2) is 7.03. The smallest absolute Gasteiger partial charge is 0.258 e. The van der Waals surface area contributed by atoms with Crippen LogP contribution in [0.3, 0.4) is 0 Å². The number of nitrogens with one attached hydrogen (secondary N) is 2. The first-order chi connectivity index (χ1) is 13.0. The number of piperidine rings is 1. The number of carbonyl (C=O) groups is 2. The van der Waals surface area contributed by atoms with Crippen LogP contribution in [0.25, 0.3) is 0 Å². The van der Waals surface area contributed by atoms with E-state index in [1.54, 1.807) is 10.3 Å². The second-order valence-electron chi connectivity index (χ2n) is 6.89. The van der Waals surface area contributed by atoms with Gasteiger partial charge in [-0.2, -0.15) is 0 Å². The summed E-state index contributed by atoms with van der Waals surface area (Å²) in [5.41, 5.74) is 8.07. The predicted octanol–water partition coefficient (Wildman–Crippen LogP) is 2.97. The van der Waals surface area contributed by atoms with Crippen LogP contribution in [-0.2, 0) is 4.79 Å². The lowest BCUT2D eigenvalue weighted by molar-refractivity contribution is -0.119. The van der Waals surface area contributed by atoms with E-state index in [2.05, 4.69) is 5.32 Å². The van der Waals surface area contributed by atoms with Crippen molar-refractivity contribution in [1.82, 2.24) is 4.90 Å². The molecule has 27 heavy (non-hydrogen) atoms. The van der Waals surface area contributed by atoms with Crippen LogP contribution < -0.4 is 16.0 Å². The third kappa shape index (κ3) is 3.28. The van der Waals surface area contributed by atoms with Crippen molar-refractivity contribution in [2.24, 2.45) is 11.7 Å². The van der Waals surface area contributed by atoms with Gasteiger partial charge in [0.15, 0.2) is 5.96 Å². The van der Waals surface area contributed by atoms with Crippen LogP contribution in [0.4, 0.5) is 17.1 Å². The molecule has 0 atom stereocenters. The highest BCUT2D eigenvalue weighted by Gasteiger charge is 2.32. The summed E-state index contributed by atoms with van der Waals surface area (Å²) >= 11 is 1.41. The normalized spacial score (nSPS) is 17.0. The molecule has 0 aliphatic carbocycles. The molecule has 0 saturated carbocycles. The molecule has 4 N–H and O–H groups in total. The highest BCUT2D eigenvalue weighted by molar-refractivity contribution is 7.08. The average Bonchev–Trinajstić information content (AvgIpc) is 3.09. The molecule has 1 aromatic heterocycles. The Hall–Kier alpha value is -2.87. The zero-order valence-corrected chi connectivity index (χ0v) is 15.6. The number of hydrogen-bond donors (Lipinski definition) is 3. The van der Waals surface area contributed by atoms with Crippen LogP contribution in [-0.4, -0.2) is 35.8 Å². The van der Waals surface area contributed by atoms with Gasteiger partial charge in [-0.05, 0) is 30.9 Å². The van der Waals surface area contributed by atoms with Crippen molar-refractivity contribution in [2.75, 3.05) is 23.3 Å². The number of hydrogen-bond acceptors (Lipinski definition) is 4. The van der Waals surface area contributed by atoms with E-state index in [9.17, 15) is 9.59 Å². The molecule has 0 bridgehead atoms. The number of likely N-dealkylation sites (tertiary alicyclic amines) is 1. The quantitative estimate of drug-likeness (QED) is 0.548. The van der Waals surface area contributed by atoms with E-state index in [4.69, 9.17) is 11.1 Å². The third-order valence-corrected chi connectivity index (χ3v) is 5.92. The van der Waals surface area contributed by atoms with Crippen molar-refractivity contribution in [1.29, 1.82) is 5.41 Å². The molecule has 0 radical (unpaired) electrons. The van der Waals surface area contributed by atoms with Gasteiger partial charge < -0.3 is 16.0 Å². The van der Waals surface area contributed by atoms with Crippen molar-refractivity contribution in [3.8, 4) is 0 Å². The maximum Gasteiger partial charge on any atom is 0.258 e. The van der Waals surface area contributed by atoms with E-state index in [0.717, 1.165) is 12.8 Å². The Morgan fingerprint density at radius 1 is 1.22 bits per heavy atom. The Balaban J connectivity index is 1.60. The lowest BCUT2D eigenvalue weighted by atomic mass is 9.93. The van der Waals surface area contributed by atoms with Gasteiger partial charge >= 0.3 is 0 Å². The van der Waals surface area contributed by atoms with Crippen LogP contribution in [0.1, 0.15) is 29.6 Å². The summed E-state index contributed by atoms with van der Waals surface area (Å²) in [6.45, 7) is 1.40. The van der Waals surface area contributed by atoms with Crippen LogP contribution >= 0.6 is 11.3 Å². The number of guanidine groups is 1. The fraction of sp³-hybridized carbons (Fsp3) is 0.316. The van der Waals surface area contributed by atoms with Crippen LogP contribution in [0, 0.1) is 11.3 Å². The number of thiophene rings is 1. The molecular formula is C19H21N5O2S. The van der Waals surface area contributed by atoms with Crippen molar-refractivity contribution in [3.05, 3.63) is 40.6 Å². The molecular weight excluding hydrogens is 362 g/mol. The molecule has 140 valence electrons. The number of rotatable bonds is 2. The fourth-order valence-corrected chi connectivity index (χ4v) is 4.51. The summed E-state index contributed by atoms with van der Waals surface area (Å²) in [5, 5.41) is 14.1. The summed E-state index contributed by atoms with van der Waals surface area (Å²) in [6.07, 6.45) is 2.06. The Labute approximate surface area is 161 Å². The number of nitrogens with two attached hydrogens (primary N) is 1. The van der Waals surface area contributed by atoms with Crippen molar-refractivity contribution in [2.45, 2.75) is 19.3 Å². The molecule has 2 aliphatic heterocycles. The highest BCUT2D eigenvalue weighted by atomic mass is 32.1. The molecule has 2 aliphatic rings. The largest absolute Gasteiger partial charge is 0.370 e. The molecule has 1 fully saturated rings. The number of fused-ring (bicyclic) bond motifs is 2. The first-order valence-electron chi connectivity index (χ1n) is 8.93. The molecule has 1 saturated heterocycles. The topological polar surface area (TPSA) is 103 Å². The summed E-state index contributed by atoms with van der Waals surface area (Å²) < 4.78 is 0. The Kier molecular flexibility index (Phi) is 4.57. The van der Waals surface area contributed by atoms with Gasteiger partial charge in [0.25, 0.3) is 5.91 Å². The number of para-hydroxylation sites is 2. The predicted molar refractivity (Wildman–Crippen MR) is 107 cm³/mol. The monoisotopic (exact) mass is 383 g/mol. The van der Waals surface area contributed by atoms with Gasteiger partial charge in [0.1, 0.15) is 0 Å². The fourth-order valence-electron chi connectivity index (χ4n) is 3.71. The van der Waals surface area contributed by atoms with Gasteiger partial charge in [-0.25, -0.2) is 0 Å². The molecule has 2 amide bonds. The number of anilines is 3. The number of amides is 2. The van der Waals surface area contributed by atoms with Crippen molar-refractivity contribution >= 4 is 46.2 Å². The zero-order valence-electron chi connectivity index (χ0n) is 14.8. The zero-order chi connectivity index (χ0) is 19.0. The van der Waals surface area contributed by atoms with Gasteiger partial charge in [0, 0.05) is 30.3 Å². The molecule has 3 heterocycles. The minimum atomic E-state index is -0.191. The Bertz CT molecular complexity index is 901. The molecule has 0 unspecified atom stereocenters. The Morgan fingerprint density at radius 3 is 2.70 bits per heavy atom. The molecule has 8 heteroatoms. The minimum absolute atomic E-state index is 0.0140. The van der Waals surface area contributed by atoms with Gasteiger partial charge in [-0.1, -0.05) is 12.1 Å². The number of carbonyl (C=O) groups excluding carboxylic acids is 2. The van der Waals surface area contributed by atoms with E-state index in [-0.39, 0.29) is 23.7 Å². The average molecular weight is 383 g/mol. The molecule has 4 rings (SSSR count). The summed E-state index contributed by atoms with van der Waals surface area (Å²) in [4.78, 5) is 29.3. The van der Waals surface area contributed by atoms with Crippen molar-refractivity contribution in [3.63, 3.8) is 0 Å². The maximum atomic E-state index is 13.3. The van der Waals surface area contributed by atoms with Crippen LogP contribution in [0.5, 0.6) is 0 Å². The third-order valence-electron chi connectivity index (χ3n) is 5.19. The van der Waals surface area contributed by atoms with E-state index in [0.29, 0.717) is 42.1 Å². The molecule has 1 aromatic carbocycles. The number of nitrogens with zero attached hydrogens (tertiary/aromatic N) is 2. The first kappa shape index (κ1) is 17.5. The van der Waals surface area contributed by atoms with Crippen molar-refractivity contribution < 1.29 is 9.59 Å². The molecule has 0 spiro atoms. The van der Waals surface area contributed by atoms with E-state index >= 15 is 0 Å². The van der Waals surface area contributed by atoms with E-state index < -0.39 is 0 Å². The van der Waals surface area contributed by atoms with Gasteiger partial charge in [0.05, 0.1) is 22.6 Å². The minimum Gasteiger partial charge on any atom is -0.370 e. The van der Waals surface area contributed by atoms with Gasteiger partial charge in [-0.3, -0.25) is 19.9 Å². The summed E-state index contributed by atoms with van der Waals surface area (Å²) in [7, 11) is 0. The SMILES string of the molecule is N=C(N)N1CCC(CC(=O)N2c3ccccc3NC(=O)c3cscc32)CC1. The first-order valence-corrected chi connectivity index (χ1v) is 9.87.